The van der Waals surface area contributed by atoms with E-state index in [9.17, 15) is 4.79 Å². The lowest BCUT2D eigenvalue weighted by Crippen LogP contribution is -2.22. The first-order valence-corrected chi connectivity index (χ1v) is 7.60. The largest absolute Gasteiger partial charge is 0.489 e. The normalized spacial score (nSPS) is 10.1. The third-order valence-electron chi connectivity index (χ3n) is 3.11. The number of carbonyl (C=O) groups is 1. The molecule has 114 valence electrons. The van der Waals surface area contributed by atoms with Gasteiger partial charge in [-0.15, -0.1) is 12.6 Å². The van der Waals surface area contributed by atoms with E-state index in [4.69, 9.17) is 17.0 Å². The zero-order valence-electron chi connectivity index (χ0n) is 12.4. The third-order valence-corrected chi connectivity index (χ3v) is 3.93. The maximum Gasteiger partial charge on any atom is 0.217 e. The Morgan fingerprint density at radius 1 is 1.14 bits per heavy atom. The molecular formula is C17H17NO2S2. The van der Waals surface area contributed by atoms with Crippen molar-refractivity contribution in [2.45, 2.75) is 6.61 Å². The SMILES string of the molecule is CN(C)C(=S)c1ccc(OCc2ccccc2)cc1C(=O)S. The van der Waals surface area contributed by atoms with Crippen LogP contribution in [0.2, 0.25) is 0 Å². The quantitative estimate of drug-likeness (QED) is 0.670. The average molecular weight is 331 g/mol. The minimum Gasteiger partial charge on any atom is -0.489 e. The molecule has 22 heavy (non-hydrogen) atoms. The molecule has 0 aliphatic rings. The fourth-order valence-corrected chi connectivity index (χ4v) is 2.32. The predicted octanol–water partition coefficient (Wildman–Crippen LogP) is 3.57. The number of hydrogen-bond donors (Lipinski definition) is 1. The molecule has 3 nitrogen and oxygen atoms in total. The highest BCUT2D eigenvalue weighted by Crippen LogP contribution is 2.22. The third kappa shape index (κ3) is 4.08. The summed E-state index contributed by atoms with van der Waals surface area (Å²) in [5.74, 6) is 0.617. The fourth-order valence-electron chi connectivity index (χ4n) is 1.96. The summed E-state index contributed by atoms with van der Waals surface area (Å²) in [5, 5.41) is -0.329. The van der Waals surface area contributed by atoms with Crippen LogP contribution in [0, 0.1) is 0 Å². The second-order valence-electron chi connectivity index (χ2n) is 4.99. The molecule has 0 N–H and O–H groups in total. The summed E-state index contributed by atoms with van der Waals surface area (Å²) >= 11 is 9.27. The lowest BCUT2D eigenvalue weighted by atomic mass is 10.1. The van der Waals surface area contributed by atoms with Crippen molar-refractivity contribution in [3.05, 3.63) is 65.2 Å². The highest BCUT2D eigenvalue weighted by molar-refractivity contribution is 7.97. The number of thiocarbonyl (C=S) groups is 1. The summed E-state index contributed by atoms with van der Waals surface area (Å²) in [6.45, 7) is 0.443. The van der Waals surface area contributed by atoms with E-state index in [2.05, 4.69) is 12.6 Å². The standard InChI is InChI=1S/C17H17NO2S2/c1-18(2)16(21)14-9-8-13(10-15(14)17(19)22)20-11-12-6-4-3-5-7-12/h3-10H,11H2,1-2H3,(H,19,22). The van der Waals surface area contributed by atoms with E-state index in [1.807, 2.05) is 50.5 Å². The summed E-state index contributed by atoms with van der Waals surface area (Å²) in [6, 6.07) is 15.1. The van der Waals surface area contributed by atoms with Gasteiger partial charge in [0.25, 0.3) is 0 Å². The topological polar surface area (TPSA) is 29.5 Å². The van der Waals surface area contributed by atoms with E-state index in [1.54, 1.807) is 17.0 Å². The van der Waals surface area contributed by atoms with Crippen LogP contribution in [0.25, 0.3) is 0 Å². The van der Waals surface area contributed by atoms with E-state index >= 15 is 0 Å². The van der Waals surface area contributed by atoms with Crippen molar-refractivity contribution >= 4 is 35.0 Å². The van der Waals surface area contributed by atoms with Crippen molar-refractivity contribution in [2.75, 3.05) is 14.1 Å². The van der Waals surface area contributed by atoms with Crippen LogP contribution < -0.4 is 4.74 Å². The number of hydrogen-bond acceptors (Lipinski definition) is 3. The van der Waals surface area contributed by atoms with Gasteiger partial charge in [0.1, 0.15) is 17.3 Å². The van der Waals surface area contributed by atoms with Gasteiger partial charge in [0.2, 0.25) is 5.12 Å². The number of rotatable bonds is 5. The molecule has 0 bridgehead atoms. The highest BCUT2D eigenvalue weighted by atomic mass is 32.1. The molecule has 0 aliphatic heterocycles. The van der Waals surface area contributed by atoms with Gasteiger partial charge in [-0.05, 0) is 23.8 Å². The Kier molecular flexibility index (Phi) is 5.57. The molecule has 2 aromatic carbocycles. The van der Waals surface area contributed by atoms with E-state index in [1.165, 1.54) is 0 Å². The van der Waals surface area contributed by atoms with E-state index in [0.29, 0.717) is 28.5 Å². The molecule has 0 spiro atoms. The van der Waals surface area contributed by atoms with Crippen molar-refractivity contribution in [1.29, 1.82) is 0 Å². The van der Waals surface area contributed by atoms with Crippen molar-refractivity contribution in [3.63, 3.8) is 0 Å². The summed E-state index contributed by atoms with van der Waals surface area (Å²) < 4.78 is 5.74. The molecule has 2 aromatic rings. The Morgan fingerprint density at radius 3 is 2.41 bits per heavy atom. The van der Waals surface area contributed by atoms with Crippen LogP contribution in [0.3, 0.4) is 0 Å². The maximum atomic E-state index is 11.8. The first-order valence-electron chi connectivity index (χ1n) is 6.74. The van der Waals surface area contributed by atoms with Crippen LogP contribution in [0.15, 0.2) is 48.5 Å². The van der Waals surface area contributed by atoms with Crippen molar-refractivity contribution in [1.82, 2.24) is 4.90 Å². The van der Waals surface area contributed by atoms with Gasteiger partial charge in [-0.2, -0.15) is 0 Å². The van der Waals surface area contributed by atoms with Crippen molar-refractivity contribution < 1.29 is 9.53 Å². The number of benzene rings is 2. The number of ether oxygens (including phenoxy) is 1. The van der Waals surface area contributed by atoms with Gasteiger partial charge in [-0.25, -0.2) is 0 Å². The zero-order valence-corrected chi connectivity index (χ0v) is 14.2. The summed E-state index contributed by atoms with van der Waals surface area (Å²) in [6.07, 6.45) is 0. The number of nitrogens with zero attached hydrogens (tertiary/aromatic N) is 1. The molecule has 5 heteroatoms. The summed E-state index contributed by atoms with van der Waals surface area (Å²) in [4.78, 5) is 14.1. The van der Waals surface area contributed by atoms with E-state index in [-0.39, 0.29) is 5.12 Å². The lowest BCUT2D eigenvalue weighted by molar-refractivity contribution is 0.109. The lowest BCUT2D eigenvalue weighted by Gasteiger charge is -2.17. The molecule has 0 fully saturated rings. The summed E-state index contributed by atoms with van der Waals surface area (Å²) in [7, 11) is 3.68. The van der Waals surface area contributed by atoms with Gasteiger partial charge in [0.05, 0.1) is 0 Å². The van der Waals surface area contributed by atoms with Gasteiger partial charge >= 0.3 is 0 Å². The molecular weight excluding hydrogens is 314 g/mol. The van der Waals surface area contributed by atoms with Crippen LogP contribution in [-0.4, -0.2) is 29.1 Å². The Hall–Kier alpha value is -1.85. The Balaban J connectivity index is 2.22. The Bertz CT molecular complexity index is 684. The molecule has 0 aromatic heterocycles. The molecule has 0 radical (unpaired) electrons. The van der Waals surface area contributed by atoms with E-state index in [0.717, 1.165) is 5.56 Å². The second-order valence-corrected chi connectivity index (χ2v) is 5.78. The highest BCUT2D eigenvalue weighted by Gasteiger charge is 2.14. The Labute approximate surface area is 141 Å². The number of carbonyl (C=O) groups excluding carboxylic acids is 1. The molecule has 0 amide bonds. The minimum absolute atomic E-state index is 0.329. The van der Waals surface area contributed by atoms with Crippen LogP contribution in [0.1, 0.15) is 21.5 Å². The van der Waals surface area contributed by atoms with Crippen LogP contribution >= 0.6 is 24.8 Å². The van der Waals surface area contributed by atoms with Crippen LogP contribution in [0.5, 0.6) is 5.75 Å². The van der Waals surface area contributed by atoms with Gasteiger partial charge in [-0.1, -0.05) is 42.5 Å². The van der Waals surface area contributed by atoms with Crippen molar-refractivity contribution in [3.8, 4) is 5.75 Å². The summed E-state index contributed by atoms with van der Waals surface area (Å²) in [5.41, 5.74) is 2.20. The zero-order chi connectivity index (χ0) is 16.1. The molecule has 0 saturated heterocycles. The van der Waals surface area contributed by atoms with E-state index < -0.39 is 0 Å². The molecule has 0 aliphatic carbocycles. The van der Waals surface area contributed by atoms with Crippen LogP contribution in [-0.2, 0) is 6.61 Å². The van der Waals surface area contributed by atoms with Gasteiger partial charge < -0.3 is 9.64 Å². The monoisotopic (exact) mass is 331 g/mol. The maximum absolute atomic E-state index is 11.8. The minimum atomic E-state index is -0.329. The Morgan fingerprint density at radius 2 is 1.82 bits per heavy atom. The fraction of sp³-hybridized carbons (Fsp3) is 0.176. The first kappa shape index (κ1) is 16.5. The van der Waals surface area contributed by atoms with Gasteiger partial charge in [0, 0.05) is 25.2 Å². The van der Waals surface area contributed by atoms with Crippen molar-refractivity contribution in [2.24, 2.45) is 0 Å². The molecule has 0 heterocycles. The molecule has 0 atom stereocenters. The van der Waals surface area contributed by atoms with Gasteiger partial charge in [-0.3, -0.25) is 4.79 Å². The molecule has 0 unspecified atom stereocenters. The first-order chi connectivity index (χ1) is 10.5. The molecule has 2 rings (SSSR count). The average Bonchev–Trinajstić information content (AvgIpc) is 2.52. The predicted molar refractivity (Wildman–Crippen MR) is 95.9 cm³/mol. The molecule has 0 saturated carbocycles. The second kappa shape index (κ2) is 7.42. The van der Waals surface area contributed by atoms with Crippen LogP contribution in [0.4, 0.5) is 0 Å². The number of thiol groups is 1. The van der Waals surface area contributed by atoms with Gasteiger partial charge in [0.15, 0.2) is 0 Å². The smallest absolute Gasteiger partial charge is 0.217 e.